The van der Waals surface area contributed by atoms with Crippen LogP contribution in [0.1, 0.15) is 49.3 Å². The standard InChI is InChI=1S/C26H24N4O4S/c1-26(2)12-17-21(19(31)13-26)20(16-10-6-7-11-18(16)30(33)34)22-23(27-17)28-25(29-24(22)32)35-14-15-8-4-3-5-9-15/h3-11,20H,12-14H2,1-2H3,(H2,27,28,29,32). The number of para-hydroxylation sites is 1. The number of nitro benzene ring substituents is 1. The first-order valence-corrected chi connectivity index (χ1v) is 12.3. The highest BCUT2D eigenvalue weighted by molar-refractivity contribution is 7.98. The van der Waals surface area contributed by atoms with E-state index in [4.69, 9.17) is 0 Å². The van der Waals surface area contributed by atoms with E-state index in [0.29, 0.717) is 46.4 Å². The van der Waals surface area contributed by atoms with Gasteiger partial charge in [-0.05, 0) is 17.4 Å². The first-order valence-electron chi connectivity index (χ1n) is 11.3. The van der Waals surface area contributed by atoms with Crippen molar-refractivity contribution < 1.29 is 9.72 Å². The van der Waals surface area contributed by atoms with E-state index in [1.54, 1.807) is 18.2 Å². The number of Topliss-reactive ketones (excluding diaryl/α,β-unsaturated/α-hetero) is 1. The molecule has 35 heavy (non-hydrogen) atoms. The van der Waals surface area contributed by atoms with Gasteiger partial charge in [0.05, 0.1) is 16.4 Å². The highest BCUT2D eigenvalue weighted by atomic mass is 32.2. The van der Waals surface area contributed by atoms with Crippen LogP contribution in [0.2, 0.25) is 0 Å². The van der Waals surface area contributed by atoms with Crippen molar-refractivity contribution in [1.29, 1.82) is 0 Å². The van der Waals surface area contributed by atoms with E-state index >= 15 is 0 Å². The molecule has 9 heteroatoms. The molecule has 2 aliphatic rings. The molecule has 0 spiro atoms. The summed E-state index contributed by atoms with van der Waals surface area (Å²) in [6.45, 7) is 4.02. The van der Waals surface area contributed by atoms with Gasteiger partial charge in [0.2, 0.25) is 0 Å². The van der Waals surface area contributed by atoms with Crippen LogP contribution in [0.5, 0.6) is 0 Å². The molecule has 0 saturated heterocycles. The van der Waals surface area contributed by atoms with Gasteiger partial charge in [-0.1, -0.05) is 74.1 Å². The van der Waals surface area contributed by atoms with Crippen LogP contribution in [0.25, 0.3) is 0 Å². The number of nitrogens with zero attached hydrogens (tertiary/aromatic N) is 2. The predicted octanol–water partition coefficient (Wildman–Crippen LogP) is 5.17. The number of aromatic nitrogens is 2. The molecular weight excluding hydrogens is 464 g/mol. The maximum absolute atomic E-state index is 13.4. The van der Waals surface area contributed by atoms with E-state index in [2.05, 4.69) is 15.3 Å². The maximum Gasteiger partial charge on any atom is 0.273 e. The smallest absolute Gasteiger partial charge is 0.273 e. The molecule has 178 valence electrons. The lowest BCUT2D eigenvalue weighted by Crippen LogP contribution is -2.37. The number of nitro groups is 1. The Labute approximate surface area is 206 Å². The minimum atomic E-state index is -0.865. The second-order valence-corrected chi connectivity index (χ2v) is 10.6. The van der Waals surface area contributed by atoms with Crippen LogP contribution in [0.3, 0.4) is 0 Å². The quantitative estimate of drug-likeness (QED) is 0.220. The second kappa shape index (κ2) is 8.81. The molecule has 2 aromatic carbocycles. The van der Waals surface area contributed by atoms with Gasteiger partial charge in [0.25, 0.3) is 11.2 Å². The first-order chi connectivity index (χ1) is 16.7. The fourth-order valence-corrected chi connectivity index (χ4v) is 5.71. The van der Waals surface area contributed by atoms with Crippen LogP contribution < -0.4 is 10.9 Å². The second-order valence-electron chi connectivity index (χ2n) is 9.61. The molecule has 0 bridgehead atoms. The molecule has 0 radical (unpaired) electrons. The molecule has 1 unspecified atom stereocenters. The number of thioether (sulfide) groups is 1. The average Bonchev–Trinajstić information content (AvgIpc) is 2.81. The van der Waals surface area contributed by atoms with Gasteiger partial charge in [0.15, 0.2) is 10.9 Å². The number of hydrogen-bond acceptors (Lipinski definition) is 7. The van der Waals surface area contributed by atoms with E-state index in [0.717, 1.165) is 5.56 Å². The molecule has 1 aromatic heterocycles. The Bertz CT molecular complexity index is 1430. The Balaban J connectivity index is 1.65. The number of hydrogen-bond donors (Lipinski definition) is 2. The molecule has 3 aromatic rings. The van der Waals surface area contributed by atoms with Crippen molar-refractivity contribution in [3.63, 3.8) is 0 Å². The van der Waals surface area contributed by atoms with Crippen LogP contribution in [0.15, 0.2) is 75.8 Å². The zero-order valence-electron chi connectivity index (χ0n) is 19.3. The summed E-state index contributed by atoms with van der Waals surface area (Å²) >= 11 is 1.40. The summed E-state index contributed by atoms with van der Waals surface area (Å²) in [6.07, 6.45) is 0.877. The number of benzene rings is 2. The fraction of sp³-hybridized carbons (Fsp3) is 0.269. The minimum absolute atomic E-state index is 0.112. The summed E-state index contributed by atoms with van der Waals surface area (Å²) in [5, 5.41) is 15.6. The number of anilines is 1. The summed E-state index contributed by atoms with van der Waals surface area (Å²) < 4.78 is 0. The number of fused-ring (bicyclic) bond motifs is 1. The van der Waals surface area contributed by atoms with Crippen molar-refractivity contribution >= 4 is 29.1 Å². The number of carbonyl (C=O) groups is 1. The van der Waals surface area contributed by atoms with Crippen molar-refractivity contribution in [3.8, 4) is 0 Å². The fourth-order valence-electron chi connectivity index (χ4n) is 4.90. The third kappa shape index (κ3) is 4.39. The van der Waals surface area contributed by atoms with Gasteiger partial charge in [0, 0.05) is 35.1 Å². The van der Waals surface area contributed by atoms with Gasteiger partial charge in [-0.3, -0.25) is 19.7 Å². The van der Waals surface area contributed by atoms with Gasteiger partial charge in [-0.2, -0.15) is 0 Å². The first kappa shape index (κ1) is 23.0. The monoisotopic (exact) mass is 488 g/mol. The molecule has 0 amide bonds. The number of carbonyl (C=O) groups excluding carboxylic acids is 1. The Kier molecular flexibility index (Phi) is 5.80. The van der Waals surface area contributed by atoms with Gasteiger partial charge in [-0.25, -0.2) is 4.98 Å². The van der Waals surface area contributed by atoms with E-state index in [1.807, 2.05) is 44.2 Å². The molecule has 1 aliphatic heterocycles. The highest BCUT2D eigenvalue weighted by Gasteiger charge is 2.44. The maximum atomic E-state index is 13.4. The van der Waals surface area contributed by atoms with Crippen molar-refractivity contribution in [2.24, 2.45) is 5.41 Å². The number of H-pyrrole nitrogens is 1. The molecule has 0 fully saturated rings. The summed E-state index contributed by atoms with van der Waals surface area (Å²) in [5.74, 6) is -0.0117. The molecule has 1 atom stereocenters. The molecule has 1 aliphatic carbocycles. The van der Waals surface area contributed by atoms with Crippen LogP contribution in [-0.4, -0.2) is 20.7 Å². The largest absolute Gasteiger partial charge is 0.343 e. The van der Waals surface area contributed by atoms with Crippen molar-refractivity contribution in [3.05, 3.63) is 103 Å². The Hall–Kier alpha value is -3.72. The normalized spacial score (nSPS) is 18.5. The zero-order chi connectivity index (χ0) is 24.7. The van der Waals surface area contributed by atoms with E-state index < -0.39 is 16.4 Å². The third-order valence-corrected chi connectivity index (χ3v) is 7.31. The SMILES string of the molecule is CC1(C)CC(=O)C2=C(C1)Nc1nc(SCc3ccccc3)[nH]c(=O)c1C2c1ccccc1[N+](=O)[O-]. The molecular formula is C26H24N4O4S. The third-order valence-electron chi connectivity index (χ3n) is 6.36. The van der Waals surface area contributed by atoms with Crippen molar-refractivity contribution in [1.82, 2.24) is 9.97 Å². The lowest BCUT2D eigenvalue weighted by molar-refractivity contribution is -0.385. The number of rotatable bonds is 5. The number of allylic oxidation sites excluding steroid dienone is 2. The van der Waals surface area contributed by atoms with Crippen molar-refractivity contribution in [2.75, 3.05) is 5.32 Å². The lowest BCUT2D eigenvalue weighted by Gasteiger charge is -2.38. The molecule has 5 rings (SSSR count). The van der Waals surface area contributed by atoms with Crippen LogP contribution in [-0.2, 0) is 10.5 Å². The number of aromatic amines is 1. The Morgan fingerprint density at radius 3 is 2.54 bits per heavy atom. The van der Waals surface area contributed by atoms with E-state index in [1.165, 1.54) is 17.8 Å². The van der Waals surface area contributed by atoms with Gasteiger partial charge in [0.1, 0.15) is 5.82 Å². The topological polar surface area (TPSA) is 118 Å². The van der Waals surface area contributed by atoms with Crippen LogP contribution in [0.4, 0.5) is 11.5 Å². The summed E-state index contributed by atoms with van der Waals surface area (Å²) in [6, 6.07) is 16.1. The number of nitrogens with one attached hydrogen (secondary N) is 2. The summed E-state index contributed by atoms with van der Waals surface area (Å²) in [4.78, 5) is 45.7. The Morgan fingerprint density at radius 1 is 1.09 bits per heavy atom. The predicted molar refractivity (Wildman–Crippen MR) is 134 cm³/mol. The lowest BCUT2D eigenvalue weighted by atomic mass is 9.69. The van der Waals surface area contributed by atoms with E-state index in [9.17, 15) is 19.7 Å². The van der Waals surface area contributed by atoms with Crippen LogP contribution >= 0.6 is 11.8 Å². The summed E-state index contributed by atoms with van der Waals surface area (Å²) in [7, 11) is 0. The minimum Gasteiger partial charge on any atom is -0.343 e. The molecule has 2 N–H and O–H groups in total. The molecule has 0 saturated carbocycles. The van der Waals surface area contributed by atoms with E-state index in [-0.39, 0.29) is 22.4 Å². The average molecular weight is 489 g/mol. The molecule has 2 heterocycles. The highest BCUT2D eigenvalue weighted by Crippen LogP contribution is 2.49. The van der Waals surface area contributed by atoms with Gasteiger partial charge < -0.3 is 10.3 Å². The number of ketones is 1. The summed E-state index contributed by atoms with van der Waals surface area (Å²) in [5.41, 5.74) is 1.92. The van der Waals surface area contributed by atoms with Gasteiger partial charge >= 0.3 is 0 Å². The molecule has 8 nitrogen and oxygen atoms in total. The zero-order valence-corrected chi connectivity index (χ0v) is 20.1. The van der Waals surface area contributed by atoms with Crippen molar-refractivity contribution in [2.45, 2.75) is 43.5 Å². The van der Waals surface area contributed by atoms with Gasteiger partial charge in [-0.15, -0.1) is 0 Å². The van der Waals surface area contributed by atoms with Crippen LogP contribution in [0, 0.1) is 15.5 Å². The Morgan fingerprint density at radius 2 is 1.80 bits per heavy atom.